The van der Waals surface area contributed by atoms with E-state index < -0.39 is 0 Å². The summed E-state index contributed by atoms with van der Waals surface area (Å²) in [6.07, 6.45) is 3.55. The van der Waals surface area contributed by atoms with Gasteiger partial charge in [0.15, 0.2) is 0 Å². The maximum absolute atomic E-state index is 12.1. The minimum absolute atomic E-state index is 0.191. The van der Waals surface area contributed by atoms with E-state index in [0.29, 0.717) is 12.1 Å². The van der Waals surface area contributed by atoms with E-state index in [1.165, 1.54) is 6.42 Å². The fourth-order valence-electron chi connectivity index (χ4n) is 2.23. The van der Waals surface area contributed by atoms with Crippen molar-refractivity contribution in [2.45, 2.75) is 19.3 Å². The molecule has 0 aliphatic carbocycles. The number of hydrogen-bond donors (Lipinski definition) is 1. The van der Waals surface area contributed by atoms with Gasteiger partial charge in [0, 0.05) is 12.1 Å². The van der Waals surface area contributed by atoms with Crippen LogP contribution in [0.4, 0.5) is 0 Å². The molecule has 1 heterocycles. The molecule has 0 bridgehead atoms. The van der Waals surface area contributed by atoms with Crippen molar-refractivity contribution in [3.8, 4) is 0 Å². The van der Waals surface area contributed by atoms with Crippen LogP contribution in [0.1, 0.15) is 29.6 Å². The van der Waals surface area contributed by atoms with Gasteiger partial charge >= 0.3 is 0 Å². The molecule has 0 saturated carbocycles. The van der Waals surface area contributed by atoms with Crippen LogP contribution in [-0.4, -0.2) is 41.2 Å². The molecule has 1 fully saturated rings. The summed E-state index contributed by atoms with van der Waals surface area (Å²) < 4.78 is 0. The highest BCUT2D eigenvalue weighted by Crippen LogP contribution is 2.10. The Morgan fingerprint density at radius 3 is 2.44 bits per heavy atom. The maximum Gasteiger partial charge on any atom is 0.211 e. The molecule has 0 unspecified atom stereocenters. The summed E-state index contributed by atoms with van der Waals surface area (Å²) in [5, 5.41) is 12.2. The molecule has 96 valence electrons. The van der Waals surface area contributed by atoms with Crippen molar-refractivity contribution in [2.75, 3.05) is 19.6 Å². The summed E-state index contributed by atoms with van der Waals surface area (Å²) in [5.74, 6) is -0.191. The summed E-state index contributed by atoms with van der Waals surface area (Å²) in [7, 11) is 0. The normalized spacial score (nSPS) is 17.7. The second-order valence-electron chi connectivity index (χ2n) is 4.58. The van der Waals surface area contributed by atoms with Crippen LogP contribution in [0.15, 0.2) is 35.5 Å². The van der Waals surface area contributed by atoms with E-state index in [0.717, 1.165) is 25.9 Å². The largest absolute Gasteiger partial charge is 0.410 e. The number of benzene rings is 1. The first-order valence-corrected chi connectivity index (χ1v) is 6.34. The zero-order valence-electron chi connectivity index (χ0n) is 10.4. The van der Waals surface area contributed by atoms with E-state index >= 15 is 0 Å². The van der Waals surface area contributed by atoms with Gasteiger partial charge < -0.3 is 5.21 Å². The number of piperidine rings is 1. The van der Waals surface area contributed by atoms with Gasteiger partial charge in [-0.15, -0.1) is 0 Å². The van der Waals surface area contributed by atoms with E-state index in [-0.39, 0.29) is 11.5 Å². The Labute approximate surface area is 107 Å². The van der Waals surface area contributed by atoms with Crippen molar-refractivity contribution in [3.63, 3.8) is 0 Å². The molecule has 0 amide bonds. The van der Waals surface area contributed by atoms with Crippen molar-refractivity contribution in [1.29, 1.82) is 0 Å². The molecule has 1 aliphatic heterocycles. The van der Waals surface area contributed by atoms with Crippen LogP contribution < -0.4 is 0 Å². The van der Waals surface area contributed by atoms with Crippen LogP contribution in [0, 0.1) is 0 Å². The first-order valence-electron chi connectivity index (χ1n) is 6.34. The van der Waals surface area contributed by atoms with Crippen molar-refractivity contribution in [3.05, 3.63) is 35.9 Å². The average molecular weight is 246 g/mol. The minimum atomic E-state index is -0.191. The Balaban J connectivity index is 2.02. The fraction of sp³-hybridized carbons (Fsp3) is 0.429. The predicted octanol–water partition coefficient (Wildman–Crippen LogP) is 2.19. The second-order valence-corrected chi connectivity index (χ2v) is 4.58. The monoisotopic (exact) mass is 246 g/mol. The van der Waals surface area contributed by atoms with Crippen molar-refractivity contribution < 1.29 is 10.0 Å². The quantitative estimate of drug-likeness (QED) is 0.383. The first kappa shape index (κ1) is 12.8. The molecule has 0 atom stereocenters. The predicted molar refractivity (Wildman–Crippen MR) is 70.3 cm³/mol. The number of Topliss-reactive ketones (excluding diaryl/α,β-unsaturated/α-hetero) is 1. The molecule has 1 aromatic rings. The molecule has 1 saturated heterocycles. The number of carbonyl (C=O) groups is 1. The number of nitrogens with zero attached hydrogens (tertiary/aromatic N) is 2. The fourth-order valence-corrected chi connectivity index (χ4v) is 2.23. The Hall–Kier alpha value is -1.68. The minimum Gasteiger partial charge on any atom is -0.410 e. The first-order chi connectivity index (χ1) is 8.81. The van der Waals surface area contributed by atoms with Crippen LogP contribution >= 0.6 is 0 Å². The van der Waals surface area contributed by atoms with Crippen LogP contribution in [-0.2, 0) is 0 Å². The van der Waals surface area contributed by atoms with Crippen LogP contribution in [0.5, 0.6) is 0 Å². The highest BCUT2D eigenvalue weighted by Gasteiger charge is 2.19. The Bertz CT molecular complexity index is 423. The molecular weight excluding hydrogens is 228 g/mol. The number of oxime groups is 1. The highest BCUT2D eigenvalue weighted by atomic mass is 16.4. The summed E-state index contributed by atoms with van der Waals surface area (Å²) in [5.41, 5.74) is 0.797. The van der Waals surface area contributed by atoms with Gasteiger partial charge in [-0.3, -0.25) is 9.69 Å². The third-order valence-electron chi connectivity index (χ3n) is 3.24. The molecule has 0 aromatic heterocycles. The van der Waals surface area contributed by atoms with E-state index in [9.17, 15) is 4.79 Å². The lowest BCUT2D eigenvalue weighted by Gasteiger charge is -2.26. The standard InChI is InChI=1S/C14H18N2O2/c17-14(12-7-3-1-4-8-12)13(15-18)11-16-9-5-2-6-10-16/h1,3-4,7-8,18H,2,5-6,9-11H2/b15-13+. The molecule has 2 rings (SSSR count). The van der Waals surface area contributed by atoms with Crippen molar-refractivity contribution in [1.82, 2.24) is 4.90 Å². The Kier molecular flexibility index (Phi) is 4.47. The summed E-state index contributed by atoms with van der Waals surface area (Å²) in [4.78, 5) is 14.3. The molecule has 1 aromatic carbocycles. The summed E-state index contributed by atoms with van der Waals surface area (Å²) in [6.45, 7) is 2.38. The zero-order chi connectivity index (χ0) is 12.8. The Morgan fingerprint density at radius 1 is 1.17 bits per heavy atom. The molecule has 18 heavy (non-hydrogen) atoms. The third-order valence-corrected chi connectivity index (χ3v) is 3.24. The average Bonchev–Trinajstić information content (AvgIpc) is 2.46. The van der Waals surface area contributed by atoms with E-state index in [4.69, 9.17) is 5.21 Å². The topological polar surface area (TPSA) is 52.9 Å². The van der Waals surface area contributed by atoms with Gasteiger partial charge in [-0.25, -0.2) is 0 Å². The molecule has 1 aliphatic rings. The lowest BCUT2D eigenvalue weighted by atomic mass is 10.1. The molecule has 1 N–H and O–H groups in total. The van der Waals surface area contributed by atoms with Gasteiger partial charge in [-0.1, -0.05) is 41.9 Å². The number of carbonyl (C=O) groups excluding carboxylic acids is 1. The number of likely N-dealkylation sites (tertiary alicyclic amines) is 1. The van der Waals surface area contributed by atoms with Gasteiger partial charge in [-0.2, -0.15) is 0 Å². The van der Waals surface area contributed by atoms with Gasteiger partial charge in [0.25, 0.3) is 0 Å². The zero-order valence-corrected chi connectivity index (χ0v) is 10.4. The number of hydrogen-bond acceptors (Lipinski definition) is 4. The Morgan fingerprint density at radius 2 is 1.83 bits per heavy atom. The smallest absolute Gasteiger partial charge is 0.211 e. The van der Waals surface area contributed by atoms with Gasteiger partial charge in [0.05, 0.1) is 0 Å². The van der Waals surface area contributed by atoms with E-state index in [1.807, 2.05) is 18.2 Å². The summed E-state index contributed by atoms with van der Waals surface area (Å²) in [6, 6.07) is 8.96. The van der Waals surface area contributed by atoms with Gasteiger partial charge in [-0.05, 0) is 25.9 Å². The molecule has 4 nitrogen and oxygen atoms in total. The lowest BCUT2D eigenvalue weighted by Crippen LogP contribution is -2.37. The third kappa shape index (κ3) is 3.17. The number of ketones is 1. The molecule has 0 radical (unpaired) electrons. The second kappa shape index (κ2) is 6.31. The van der Waals surface area contributed by atoms with Crippen LogP contribution in [0.3, 0.4) is 0 Å². The number of rotatable bonds is 4. The highest BCUT2D eigenvalue weighted by molar-refractivity contribution is 6.46. The van der Waals surface area contributed by atoms with E-state index in [2.05, 4.69) is 10.1 Å². The van der Waals surface area contributed by atoms with Gasteiger partial charge in [0.2, 0.25) is 5.78 Å². The molecule has 4 heteroatoms. The van der Waals surface area contributed by atoms with Crippen molar-refractivity contribution >= 4 is 11.5 Å². The SMILES string of the molecule is O=C(/C(CN1CCCCC1)=N/O)c1ccccc1. The lowest BCUT2D eigenvalue weighted by molar-refractivity contribution is 0.105. The molecular formula is C14H18N2O2. The van der Waals surface area contributed by atoms with Gasteiger partial charge in [0.1, 0.15) is 5.71 Å². The summed E-state index contributed by atoms with van der Waals surface area (Å²) >= 11 is 0. The maximum atomic E-state index is 12.1. The van der Waals surface area contributed by atoms with Crippen LogP contribution in [0.2, 0.25) is 0 Å². The van der Waals surface area contributed by atoms with Crippen molar-refractivity contribution in [2.24, 2.45) is 5.16 Å². The molecule has 0 spiro atoms. The van der Waals surface area contributed by atoms with E-state index in [1.54, 1.807) is 12.1 Å². The van der Waals surface area contributed by atoms with Crippen LogP contribution in [0.25, 0.3) is 0 Å².